The van der Waals surface area contributed by atoms with Gasteiger partial charge in [-0.15, -0.1) is 0 Å². The van der Waals surface area contributed by atoms with Crippen LogP contribution in [0.3, 0.4) is 0 Å². The SMILES string of the molecule is CC(C)(O)CNC(=O)c1cc([N+](=O)[O-])c[nH]c1=O. The van der Waals surface area contributed by atoms with Gasteiger partial charge in [0.25, 0.3) is 17.2 Å². The van der Waals surface area contributed by atoms with Crippen molar-refractivity contribution in [2.45, 2.75) is 19.4 Å². The van der Waals surface area contributed by atoms with Gasteiger partial charge in [-0.05, 0) is 13.8 Å². The summed E-state index contributed by atoms with van der Waals surface area (Å²) in [6.07, 6.45) is 0.912. The highest BCUT2D eigenvalue weighted by atomic mass is 16.6. The van der Waals surface area contributed by atoms with E-state index < -0.39 is 22.0 Å². The molecule has 8 heteroatoms. The number of carbonyl (C=O) groups is 1. The molecule has 0 aliphatic carbocycles. The minimum atomic E-state index is -1.14. The van der Waals surface area contributed by atoms with Gasteiger partial charge < -0.3 is 15.4 Å². The van der Waals surface area contributed by atoms with Gasteiger partial charge in [-0.1, -0.05) is 0 Å². The van der Waals surface area contributed by atoms with Gasteiger partial charge >= 0.3 is 0 Å². The van der Waals surface area contributed by atoms with Crippen molar-refractivity contribution in [1.29, 1.82) is 0 Å². The smallest absolute Gasteiger partial charge is 0.286 e. The van der Waals surface area contributed by atoms with Crippen molar-refractivity contribution in [3.8, 4) is 0 Å². The average molecular weight is 255 g/mol. The van der Waals surface area contributed by atoms with Crippen molar-refractivity contribution in [2.75, 3.05) is 6.54 Å². The Labute approximate surface area is 102 Å². The van der Waals surface area contributed by atoms with Crippen LogP contribution < -0.4 is 10.9 Å². The molecule has 0 aromatic carbocycles. The third kappa shape index (κ3) is 3.67. The van der Waals surface area contributed by atoms with Crippen molar-refractivity contribution >= 4 is 11.6 Å². The molecule has 0 unspecified atom stereocenters. The summed E-state index contributed by atoms with van der Waals surface area (Å²) in [5.41, 5.74) is -2.62. The molecule has 0 saturated heterocycles. The van der Waals surface area contributed by atoms with Crippen LogP contribution in [0.25, 0.3) is 0 Å². The summed E-state index contributed by atoms with van der Waals surface area (Å²) in [6.45, 7) is 2.88. The first-order chi connectivity index (χ1) is 8.20. The summed E-state index contributed by atoms with van der Waals surface area (Å²) in [4.78, 5) is 34.9. The first kappa shape index (κ1) is 13.8. The topological polar surface area (TPSA) is 125 Å². The maximum atomic E-state index is 11.6. The van der Waals surface area contributed by atoms with Crippen LogP contribution in [0, 0.1) is 10.1 Å². The van der Waals surface area contributed by atoms with E-state index in [-0.39, 0.29) is 17.8 Å². The second kappa shape index (κ2) is 4.96. The third-order valence-corrected chi connectivity index (χ3v) is 2.02. The molecule has 1 amide bonds. The van der Waals surface area contributed by atoms with E-state index in [0.29, 0.717) is 0 Å². The number of aliphatic hydroxyl groups is 1. The zero-order chi connectivity index (χ0) is 13.9. The lowest BCUT2D eigenvalue weighted by Crippen LogP contribution is -2.39. The van der Waals surface area contributed by atoms with Gasteiger partial charge in [-0.25, -0.2) is 0 Å². The number of aromatic nitrogens is 1. The van der Waals surface area contributed by atoms with Crippen LogP contribution in [0.5, 0.6) is 0 Å². The molecule has 1 aromatic rings. The molecule has 0 fully saturated rings. The number of pyridine rings is 1. The highest BCUT2D eigenvalue weighted by Gasteiger charge is 2.19. The minimum absolute atomic E-state index is 0.0754. The van der Waals surface area contributed by atoms with Gasteiger partial charge in [0.05, 0.1) is 16.7 Å². The molecule has 0 bridgehead atoms. The molecule has 1 heterocycles. The van der Waals surface area contributed by atoms with Crippen LogP contribution in [0.4, 0.5) is 5.69 Å². The molecular formula is C10H13N3O5. The normalized spacial score (nSPS) is 11.1. The second-order valence-electron chi connectivity index (χ2n) is 4.35. The Morgan fingerprint density at radius 3 is 2.72 bits per heavy atom. The van der Waals surface area contributed by atoms with Crippen LogP contribution in [-0.4, -0.2) is 33.1 Å². The number of hydrogen-bond acceptors (Lipinski definition) is 5. The van der Waals surface area contributed by atoms with Crippen molar-refractivity contribution in [3.63, 3.8) is 0 Å². The lowest BCUT2D eigenvalue weighted by molar-refractivity contribution is -0.385. The summed E-state index contributed by atoms with van der Waals surface area (Å²) < 4.78 is 0. The molecule has 0 aliphatic rings. The first-order valence-electron chi connectivity index (χ1n) is 5.08. The Kier molecular flexibility index (Phi) is 3.82. The van der Waals surface area contributed by atoms with Crippen LogP contribution >= 0.6 is 0 Å². The van der Waals surface area contributed by atoms with E-state index in [9.17, 15) is 24.8 Å². The number of amides is 1. The maximum Gasteiger partial charge on any atom is 0.286 e. The quantitative estimate of drug-likeness (QED) is 0.506. The van der Waals surface area contributed by atoms with Crippen molar-refractivity contribution in [2.24, 2.45) is 0 Å². The Bertz CT molecular complexity index is 529. The van der Waals surface area contributed by atoms with E-state index in [1.807, 2.05) is 0 Å². The average Bonchev–Trinajstić information content (AvgIpc) is 2.25. The van der Waals surface area contributed by atoms with Crippen molar-refractivity contribution in [1.82, 2.24) is 10.3 Å². The molecule has 1 aromatic heterocycles. The van der Waals surface area contributed by atoms with Gasteiger partial charge in [0.2, 0.25) is 0 Å². The highest BCUT2D eigenvalue weighted by molar-refractivity contribution is 5.94. The fourth-order valence-electron chi connectivity index (χ4n) is 1.14. The standard InChI is InChI=1S/C10H13N3O5/c1-10(2,16)5-12-9(15)7-3-6(13(17)18)4-11-8(7)14/h3-4,16H,5H2,1-2H3,(H,11,14)(H,12,15). The van der Waals surface area contributed by atoms with Gasteiger partial charge in [0.15, 0.2) is 0 Å². The predicted molar refractivity (Wildman–Crippen MR) is 62.3 cm³/mol. The molecular weight excluding hydrogens is 242 g/mol. The van der Waals surface area contributed by atoms with E-state index in [1.165, 1.54) is 13.8 Å². The summed E-state index contributed by atoms with van der Waals surface area (Å²) in [7, 11) is 0. The number of nitrogens with one attached hydrogen (secondary N) is 2. The van der Waals surface area contributed by atoms with Gasteiger partial charge in [0.1, 0.15) is 5.56 Å². The molecule has 0 aliphatic heterocycles. The molecule has 18 heavy (non-hydrogen) atoms. The van der Waals surface area contributed by atoms with Crippen molar-refractivity contribution < 1.29 is 14.8 Å². The van der Waals surface area contributed by atoms with E-state index in [4.69, 9.17) is 0 Å². The van der Waals surface area contributed by atoms with Crippen LogP contribution in [0.15, 0.2) is 17.1 Å². The van der Waals surface area contributed by atoms with Crippen LogP contribution in [0.2, 0.25) is 0 Å². The van der Waals surface area contributed by atoms with Crippen LogP contribution in [-0.2, 0) is 0 Å². The Balaban J connectivity index is 2.95. The van der Waals surface area contributed by atoms with Gasteiger partial charge in [0, 0.05) is 12.6 Å². The van der Waals surface area contributed by atoms with Crippen molar-refractivity contribution in [3.05, 3.63) is 38.3 Å². The number of H-pyrrole nitrogens is 1. The summed E-state index contributed by atoms with van der Waals surface area (Å²) in [5.74, 6) is -0.776. The van der Waals surface area contributed by atoms with Gasteiger partial charge in [-0.3, -0.25) is 19.7 Å². The van der Waals surface area contributed by atoms with E-state index in [1.54, 1.807) is 0 Å². The molecule has 0 radical (unpaired) electrons. The third-order valence-electron chi connectivity index (χ3n) is 2.02. The molecule has 98 valence electrons. The van der Waals surface area contributed by atoms with E-state index in [0.717, 1.165) is 12.3 Å². The van der Waals surface area contributed by atoms with Crippen LogP contribution in [0.1, 0.15) is 24.2 Å². The predicted octanol–water partition coefficient (Wildman–Crippen LogP) is -0.216. The monoisotopic (exact) mass is 255 g/mol. The molecule has 3 N–H and O–H groups in total. The number of nitro groups is 1. The van der Waals surface area contributed by atoms with E-state index >= 15 is 0 Å². The maximum absolute atomic E-state index is 11.6. The lowest BCUT2D eigenvalue weighted by atomic mass is 10.1. The zero-order valence-electron chi connectivity index (χ0n) is 9.89. The summed E-state index contributed by atoms with van der Waals surface area (Å²) >= 11 is 0. The van der Waals surface area contributed by atoms with Gasteiger partial charge in [-0.2, -0.15) is 0 Å². The summed E-state index contributed by atoms with van der Waals surface area (Å²) in [6, 6.07) is 0.887. The first-order valence-corrected chi connectivity index (χ1v) is 5.08. The molecule has 0 atom stereocenters. The number of aromatic amines is 1. The Morgan fingerprint density at radius 1 is 1.61 bits per heavy atom. The molecule has 1 rings (SSSR count). The van der Waals surface area contributed by atoms with E-state index in [2.05, 4.69) is 10.3 Å². The zero-order valence-corrected chi connectivity index (χ0v) is 9.89. The highest BCUT2D eigenvalue weighted by Crippen LogP contribution is 2.08. The lowest BCUT2D eigenvalue weighted by Gasteiger charge is -2.17. The second-order valence-corrected chi connectivity index (χ2v) is 4.35. The molecule has 0 saturated carbocycles. The summed E-state index contributed by atoms with van der Waals surface area (Å²) in [5, 5.41) is 22.2. The number of carbonyl (C=O) groups excluding carboxylic acids is 1. The molecule has 0 spiro atoms. The fourth-order valence-corrected chi connectivity index (χ4v) is 1.14. The number of rotatable bonds is 4. The Hall–Kier alpha value is -2.22. The largest absolute Gasteiger partial charge is 0.389 e. The Morgan fingerprint density at radius 2 is 2.22 bits per heavy atom. The fraction of sp³-hybridized carbons (Fsp3) is 0.400. The molecule has 8 nitrogen and oxygen atoms in total. The number of hydrogen-bond donors (Lipinski definition) is 3. The minimum Gasteiger partial charge on any atom is -0.389 e. The number of nitrogens with zero attached hydrogens (tertiary/aromatic N) is 1.